The molecular weight excluding hydrogens is 306 g/mol. The van der Waals surface area contributed by atoms with Crippen LogP contribution >= 0.6 is 35.3 Å². The van der Waals surface area contributed by atoms with Crippen molar-refractivity contribution in [2.24, 2.45) is 0 Å². The first-order chi connectivity index (χ1) is 9.66. The van der Waals surface area contributed by atoms with Crippen LogP contribution in [-0.2, 0) is 0 Å². The van der Waals surface area contributed by atoms with Crippen LogP contribution in [-0.4, -0.2) is 31.9 Å². The Labute approximate surface area is 133 Å². The van der Waals surface area contributed by atoms with Crippen molar-refractivity contribution in [2.75, 3.05) is 18.8 Å². The third-order valence-electron chi connectivity index (χ3n) is 3.30. The minimum atomic E-state index is -0.499. The van der Waals surface area contributed by atoms with Crippen molar-refractivity contribution in [3.05, 3.63) is 54.4 Å². The fraction of sp³-hybridized carbons (Fsp3) is 0.333. The first-order valence-corrected chi connectivity index (χ1v) is 9.91. The maximum atomic E-state index is 10.7. The van der Waals surface area contributed by atoms with Crippen LogP contribution < -0.4 is 0 Å². The number of benzene rings is 1. The molecular formula is C15H19NOS3. The van der Waals surface area contributed by atoms with Crippen LogP contribution in [0.1, 0.15) is 11.7 Å². The van der Waals surface area contributed by atoms with Crippen LogP contribution in [0.5, 0.6) is 0 Å². The van der Waals surface area contributed by atoms with E-state index in [9.17, 15) is 5.11 Å². The lowest BCUT2D eigenvalue weighted by atomic mass is 10.1. The smallest absolute Gasteiger partial charge is 0.136 e. The molecule has 0 saturated carbocycles. The fourth-order valence-corrected chi connectivity index (χ4v) is 5.20. The van der Waals surface area contributed by atoms with Gasteiger partial charge in [0.25, 0.3) is 0 Å². The average molecular weight is 326 g/mol. The van der Waals surface area contributed by atoms with Crippen LogP contribution in [0, 0.1) is 0 Å². The van der Waals surface area contributed by atoms with Gasteiger partial charge in [-0.1, -0.05) is 12.1 Å². The van der Waals surface area contributed by atoms with Crippen LogP contribution in [0.25, 0.3) is 5.69 Å². The first-order valence-electron chi connectivity index (χ1n) is 6.23. The van der Waals surface area contributed by atoms with Gasteiger partial charge in [-0.15, -0.1) is 35.3 Å². The zero-order chi connectivity index (χ0) is 14.6. The fourth-order valence-electron chi connectivity index (χ4n) is 2.12. The predicted octanol–water partition coefficient (Wildman–Crippen LogP) is 4.25. The second-order valence-corrected chi connectivity index (χ2v) is 8.23. The van der Waals surface area contributed by atoms with Crippen molar-refractivity contribution in [2.45, 2.75) is 9.52 Å². The van der Waals surface area contributed by atoms with Crippen molar-refractivity contribution < 1.29 is 5.11 Å². The molecule has 1 aromatic heterocycles. The van der Waals surface area contributed by atoms with E-state index in [1.165, 1.54) is 0 Å². The van der Waals surface area contributed by atoms with Gasteiger partial charge >= 0.3 is 0 Å². The lowest BCUT2D eigenvalue weighted by Gasteiger charge is -2.33. The molecule has 5 heteroatoms. The molecule has 0 amide bonds. The highest BCUT2D eigenvalue weighted by atomic mass is 32.3. The second kappa shape index (κ2) is 6.98. The van der Waals surface area contributed by atoms with E-state index >= 15 is 0 Å². The van der Waals surface area contributed by atoms with Crippen molar-refractivity contribution in [1.29, 1.82) is 0 Å². The number of aromatic nitrogens is 1. The molecule has 2 nitrogen and oxygen atoms in total. The minimum absolute atomic E-state index is 0.255. The van der Waals surface area contributed by atoms with Crippen LogP contribution in [0.15, 0.2) is 48.8 Å². The van der Waals surface area contributed by atoms with Crippen molar-refractivity contribution in [3.8, 4) is 5.69 Å². The Kier molecular flexibility index (Phi) is 5.55. The minimum Gasteiger partial charge on any atom is -0.385 e. The van der Waals surface area contributed by atoms with Gasteiger partial charge in [-0.2, -0.15) is 0 Å². The molecule has 0 unspecified atom stereocenters. The maximum absolute atomic E-state index is 10.7. The van der Waals surface area contributed by atoms with Gasteiger partial charge in [0.05, 0.1) is 0 Å². The third-order valence-corrected chi connectivity index (χ3v) is 8.68. The van der Waals surface area contributed by atoms with E-state index in [1.54, 1.807) is 35.3 Å². The number of aliphatic hydroxyl groups is 1. The molecule has 0 radical (unpaired) electrons. The largest absolute Gasteiger partial charge is 0.385 e. The third kappa shape index (κ3) is 3.06. The van der Waals surface area contributed by atoms with E-state index in [4.69, 9.17) is 0 Å². The second-order valence-electron chi connectivity index (χ2n) is 4.30. The number of nitrogens with zero attached hydrogens (tertiary/aromatic N) is 1. The Bertz CT molecular complexity index is 512. The van der Waals surface area contributed by atoms with Gasteiger partial charge in [0.15, 0.2) is 0 Å². The van der Waals surface area contributed by atoms with E-state index in [1.807, 2.05) is 67.6 Å². The summed E-state index contributed by atoms with van der Waals surface area (Å²) in [7, 11) is 0. The Morgan fingerprint density at radius 1 is 0.950 bits per heavy atom. The summed E-state index contributed by atoms with van der Waals surface area (Å²) < 4.78 is 1.80. The van der Waals surface area contributed by atoms with Gasteiger partial charge in [-0.05, 0) is 48.6 Å². The number of aliphatic hydroxyl groups excluding tert-OH is 1. The van der Waals surface area contributed by atoms with E-state index in [2.05, 4.69) is 4.57 Å². The molecule has 108 valence electrons. The summed E-state index contributed by atoms with van der Waals surface area (Å²) in [5.74, 6) is 0. The van der Waals surface area contributed by atoms with Gasteiger partial charge in [0.2, 0.25) is 0 Å². The SMILES string of the molecule is CSC(SC)(SC)[C@@H](O)c1ccc(-n2cccc2)cc1. The normalized spacial score (nSPS) is 13.4. The molecule has 1 heterocycles. The van der Waals surface area contributed by atoms with Crippen molar-refractivity contribution in [3.63, 3.8) is 0 Å². The van der Waals surface area contributed by atoms with E-state index < -0.39 is 6.10 Å². The van der Waals surface area contributed by atoms with Gasteiger partial charge in [0.1, 0.15) is 9.52 Å². The zero-order valence-electron chi connectivity index (χ0n) is 11.8. The molecule has 0 aliphatic rings. The van der Waals surface area contributed by atoms with Crippen LogP contribution in [0.2, 0.25) is 0 Å². The Morgan fingerprint density at radius 3 is 1.90 bits per heavy atom. The number of thioether (sulfide) groups is 3. The average Bonchev–Trinajstić information content (AvgIpc) is 3.04. The molecule has 0 spiro atoms. The zero-order valence-corrected chi connectivity index (χ0v) is 14.3. The molecule has 0 fully saturated rings. The standard InChI is InChI=1S/C15H19NOS3/c1-18-15(19-2,20-3)14(17)12-6-8-13(9-7-12)16-10-4-5-11-16/h4-11,14,17H,1-3H3/t14-/m0/s1. The number of rotatable bonds is 6. The van der Waals surface area contributed by atoms with Gasteiger partial charge in [0, 0.05) is 18.1 Å². The molecule has 0 aliphatic carbocycles. The highest BCUT2D eigenvalue weighted by Crippen LogP contribution is 2.51. The van der Waals surface area contributed by atoms with Gasteiger partial charge in [-0.25, -0.2) is 0 Å². The van der Waals surface area contributed by atoms with E-state index in [0.717, 1.165) is 11.3 Å². The summed E-state index contributed by atoms with van der Waals surface area (Å²) in [6.45, 7) is 0. The molecule has 20 heavy (non-hydrogen) atoms. The Balaban J connectivity index is 2.25. The summed E-state index contributed by atoms with van der Waals surface area (Å²) in [5, 5.41) is 10.7. The maximum Gasteiger partial charge on any atom is 0.136 e. The summed E-state index contributed by atoms with van der Waals surface area (Å²) in [6.07, 6.45) is 9.67. The summed E-state index contributed by atoms with van der Waals surface area (Å²) in [4.78, 5) is 0. The number of hydrogen-bond acceptors (Lipinski definition) is 4. The molecule has 0 aliphatic heterocycles. The highest BCUT2D eigenvalue weighted by molar-refractivity contribution is 8.33. The molecule has 0 saturated heterocycles. The van der Waals surface area contributed by atoms with E-state index in [-0.39, 0.29) is 3.41 Å². The van der Waals surface area contributed by atoms with Crippen molar-refractivity contribution in [1.82, 2.24) is 4.57 Å². The quantitative estimate of drug-likeness (QED) is 0.803. The van der Waals surface area contributed by atoms with Crippen molar-refractivity contribution >= 4 is 35.3 Å². The lowest BCUT2D eigenvalue weighted by molar-refractivity contribution is 0.188. The molecule has 2 aromatic rings. The van der Waals surface area contributed by atoms with Crippen LogP contribution in [0.3, 0.4) is 0 Å². The Morgan fingerprint density at radius 2 is 1.45 bits per heavy atom. The number of hydrogen-bond donors (Lipinski definition) is 1. The topological polar surface area (TPSA) is 25.2 Å². The summed E-state index contributed by atoms with van der Waals surface area (Å²) >= 11 is 5.08. The molecule has 1 N–H and O–H groups in total. The molecule has 2 rings (SSSR count). The van der Waals surface area contributed by atoms with Gasteiger partial charge in [-0.3, -0.25) is 0 Å². The lowest BCUT2D eigenvalue weighted by Crippen LogP contribution is -2.24. The van der Waals surface area contributed by atoms with Crippen LogP contribution in [0.4, 0.5) is 0 Å². The van der Waals surface area contributed by atoms with Gasteiger partial charge < -0.3 is 9.67 Å². The Hall–Kier alpha value is -0.490. The first kappa shape index (κ1) is 15.9. The monoisotopic (exact) mass is 325 g/mol. The summed E-state index contributed by atoms with van der Waals surface area (Å²) in [6, 6.07) is 12.1. The molecule has 1 aromatic carbocycles. The highest BCUT2D eigenvalue weighted by Gasteiger charge is 2.36. The summed E-state index contributed by atoms with van der Waals surface area (Å²) in [5.41, 5.74) is 2.06. The molecule has 0 bridgehead atoms. The van der Waals surface area contributed by atoms with E-state index in [0.29, 0.717) is 0 Å². The predicted molar refractivity (Wildman–Crippen MR) is 94.0 cm³/mol. The molecule has 1 atom stereocenters.